The SMILES string of the molecule is C[C@H](Nc1nnc(Cc2ccc(Cl)cc2)s1)C(=O)N(C)C. The molecular formula is C14H17ClN4OS. The third-order valence-corrected chi connectivity index (χ3v) is 3.99. The van der Waals surface area contributed by atoms with Crippen molar-refractivity contribution in [3.05, 3.63) is 39.9 Å². The quantitative estimate of drug-likeness (QED) is 0.918. The summed E-state index contributed by atoms with van der Waals surface area (Å²) in [7, 11) is 3.46. The summed E-state index contributed by atoms with van der Waals surface area (Å²) in [5.41, 5.74) is 1.12. The highest BCUT2D eigenvalue weighted by molar-refractivity contribution is 7.15. The first-order valence-electron chi connectivity index (χ1n) is 6.50. The number of carbonyl (C=O) groups is 1. The second-order valence-electron chi connectivity index (χ2n) is 4.90. The number of nitrogens with one attached hydrogen (secondary N) is 1. The Bertz CT molecular complexity index is 612. The zero-order chi connectivity index (χ0) is 15.4. The summed E-state index contributed by atoms with van der Waals surface area (Å²) >= 11 is 7.31. The lowest BCUT2D eigenvalue weighted by atomic mass is 10.2. The molecule has 0 radical (unpaired) electrons. The van der Waals surface area contributed by atoms with Crippen LogP contribution in [0.4, 0.5) is 5.13 Å². The van der Waals surface area contributed by atoms with Gasteiger partial charge in [-0.05, 0) is 24.6 Å². The van der Waals surface area contributed by atoms with Crippen LogP contribution < -0.4 is 5.32 Å². The lowest BCUT2D eigenvalue weighted by molar-refractivity contribution is -0.129. The van der Waals surface area contributed by atoms with Crippen LogP contribution in [0.1, 0.15) is 17.5 Å². The molecule has 21 heavy (non-hydrogen) atoms. The Morgan fingerprint density at radius 2 is 2.00 bits per heavy atom. The van der Waals surface area contributed by atoms with E-state index in [4.69, 9.17) is 11.6 Å². The van der Waals surface area contributed by atoms with Gasteiger partial charge in [-0.2, -0.15) is 0 Å². The van der Waals surface area contributed by atoms with Gasteiger partial charge in [-0.3, -0.25) is 4.79 Å². The van der Waals surface area contributed by atoms with Crippen molar-refractivity contribution >= 4 is 34.0 Å². The molecule has 0 saturated heterocycles. The van der Waals surface area contributed by atoms with E-state index < -0.39 is 0 Å². The van der Waals surface area contributed by atoms with Gasteiger partial charge in [-0.25, -0.2) is 0 Å². The van der Waals surface area contributed by atoms with Crippen molar-refractivity contribution in [3.8, 4) is 0 Å². The molecule has 1 aromatic carbocycles. The smallest absolute Gasteiger partial charge is 0.244 e. The Labute approximate surface area is 133 Å². The molecule has 1 aromatic heterocycles. The molecule has 2 rings (SSSR count). The highest BCUT2D eigenvalue weighted by Crippen LogP contribution is 2.20. The van der Waals surface area contributed by atoms with Crippen LogP contribution in [0, 0.1) is 0 Å². The fraction of sp³-hybridized carbons (Fsp3) is 0.357. The van der Waals surface area contributed by atoms with Gasteiger partial charge in [0.05, 0.1) is 0 Å². The number of likely N-dealkylation sites (N-methyl/N-ethyl adjacent to an activating group) is 1. The highest BCUT2D eigenvalue weighted by atomic mass is 35.5. The van der Waals surface area contributed by atoms with Crippen LogP contribution in [-0.2, 0) is 11.2 Å². The normalized spacial score (nSPS) is 12.0. The molecule has 7 heteroatoms. The first-order chi connectivity index (χ1) is 9.95. The summed E-state index contributed by atoms with van der Waals surface area (Å²) in [5, 5.41) is 13.5. The maximum absolute atomic E-state index is 11.8. The summed E-state index contributed by atoms with van der Waals surface area (Å²) in [6.45, 7) is 1.81. The van der Waals surface area contributed by atoms with Crippen molar-refractivity contribution in [2.24, 2.45) is 0 Å². The molecule has 1 N–H and O–H groups in total. The van der Waals surface area contributed by atoms with E-state index in [1.54, 1.807) is 19.0 Å². The average Bonchev–Trinajstić information content (AvgIpc) is 2.87. The Kier molecular flexibility index (Phi) is 5.14. The summed E-state index contributed by atoms with van der Waals surface area (Å²) in [6, 6.07) is 7.32. The van der Waals surface area contributed by atoms with Gasteiger partial charge in [-0.1, -0.05) is 35.1 Å². The van der Waals surface area contributed by atoms with Crippen LogP contribution in [0.25, 0.3) is 0 Å². The lowest BCUT2D eigenvalue weighted by Crippen LogP contribution is -2.36. The number of aromatic nitrogens is 2. The lowest BCUT2D eigenvalue weighted by Gasteiger charge is -2.16. The Morgan fingerprint density at radius 3 is 2.62 bits per heavy atom. The first-order valence-corrected chi connectivity index (χ1v) is 7.69. The Hall–Kier alpha value is -1.66. The van der Waals surface area contributed by atoms with Crippen molar-refractivity contribution in [2.45, 2.75) is 19.4 Å². The van der Waals surface area contributed by atoms with Crippen LogP contribution in [-0.4, -0.2) is 41.1 Å². The van der Waals surface area contributed by atoms with Crippen LogP contribution >= 0.6 is 22.9 Å². The maximum atomic E-state index is 11.8. The molecule has 5 nitrogen and oxygen atoms in total. The van der Waals surface area contributed by atoms with Crippen molar-refractivity contribution < 1.29 is 4.79 Å². The van der Waals surface area contributed by atoms with Crippen LogP contribution in [0.3, 0.4) is 0 Å². The number of anilines is 1. The van der Waals surface area contributed by atoms with E-state index in [0.29, 0.717) is 11.6 Å². The standard InChI is InChI=1S/C14H17ClN4OS/c1-9(13(20)19(2)3)16-14-18-17-12(21-14)8-10-4-6-11(15)7-5-10/h4-7,9H,8H2,1-3H3,(H,16,18)/t9-/m0/s1. The van der Waals surface area contributed by atoms with E-state index in [0.717, 1.165) is 15.6 Å². The average molecular weight is 325 g/mol. The minimum absolute atomic E-state index is 0.00412. The Balaban J connectivity index is 1.98. The van der Waals surface area contributed by atoms with Crippen molar-refractivity contribution in [2.75, 3.05) is 19.4 Å². The zero-order valence-electron chi connectivity index (χ0n) is 12.1. The van der Waals surface area contributed by atoms with Gasteiger partial charge in [-0.15, -0.1) is 10.2 Å². The molecule has 1 atom stereocenters. The fourth-order valence-electron chi connectivity index (χ4n) is 1.79. The molecule has 1 heterocycles. The molecule has 0 fully saturated rings. The predicted molar refractivity (Wildman–Crippen MR) is 85.9 cm³/mol. The van der Waals surface area contributed by atoms with Crippen molar-refractivity contribution in [1.82, 2.24) is 15.1 Å². The molecule has 0 aliphatic carbocycles. The second-order valence-corrected chi connectivity index (χ2v) is 6.40. The fourth-order valence-corrected chi connectivity index (χ4v) is 2.78. The first kappa shape index (κ1) is 15.7. The van der Waals surface area contributed by atoms with Crippen molar-refractivity contribution in [1.29, 1.82) is 0 Å². The number of rotatable bonds is 5. The molecule has 0 unspecified atom stereocenters. The zero-order valence-corrected chi connectivity index (χ0v) is 13.7. The van der Waals surface area contributed by atoms with E-state index >= 15 is 0 Å². The second kappa shape index (κ2) is 6.87. The van der Waals surface area contributed by atoms with Crippen LogP contribution in [0.5, 0.6) is 0 Å². The van der Waals surface area contributed by atoms with Gasteiger partial charge in [0.2, 0.25) is 11.0 Å². The van der Waals surface area contributed by atoms with Gasteiger partial charge in [0.15, 0.2) is 0 Å². The third-order valence-electron chi connectivity index (χ3n) is 2.89. The number of benzene rings is 1. The number of amides is 1. The molecule has 0 bridgehead atoms. The minimum Gasteiger partial charge on any atom is -0.349 e. The van der Waals surface area contributed by atoms with E-state index in [1.807, 2.05) is 31.2 Å². The summed E-state index contributed by atoms with van der Waals surface area (Å²) in [6.07, 6.45) is 0.701. The number of carbonyl (C=O) groups excluding carboxylic acids is 1. The van der Waals surface area contributed by atoms with E-state index in [9.17, 15) is 4.79 Å². The van der Waals surface area contributed by atoms with Crippen LogP contribution in [0.2, 0.25) is 5.02 Å². The predicted octanol–water partition coefficient (Wildman–Crippen LogP) is 2.67. The summed E-state index contributed by atoms with van der Waals surface area (Å²) in [4.78, 5) is 13.3. The number of hydrogen-bond donors (Lipinski definition) is 1. The number of hydrogen-bond acceptors (Lipinski definition) is 5. The van der Waals surface area contributed by atoms with Gasteiger partial charge < -0.3 is 10.2 Å². The Morgan fingerprint density at radius 1 is 1.33 bits per heavy atom. The number of nitrogens with zero attached hydrogens (tertiary/aromatic N) is 3. The highest BCUT2D eigenvalue weighted by Gasteiger charge is 2.16. The number of halogens is 1. The maximum Gasteiger partial charge on any atom is 0.244 e. The van der Waals surface area contributed by atoms with E-state index in [2.05, 4.69) is 15.5 Å². The van der Waals surface area contributed by atoms with Gasteiger partial charge in [0, 0.05) is 25.5 Å². The summed E-state index contributed by atoms with van der Waals surface area (Å²) in [5.74, 6) is 0.00412. The molecular weight excluding hydrogens is 308 g/mol. The third kappa shape index (κ3) is 4.41. The molecule has 112 valence electrons. The molecule has 2 aromatic rings. The van der Waals surface area contributed by atoms with Crippen LogP contribution in [0.15, 0.2) is 24.3 Å². The molecule has 1 amide bonds. The van der Waals surface area contributed by atoms with E-state index in [1.165, 1.54) is 11.3 Å². The summed E-state index contributed by atoms with van der Waals surface area (Å²) < 4.78 is 0. The van der Waals surface area contributed by atoms with Crippen molar-refractivity contribution in [3.63, 3.8) is 0 Å². The minimum atomic E-state index is -0.323. The molecule has 0 aliphatic heterocycles. The monoisotopic (exact) mass is 324 g/mol. The molecule has 0 saturated carbocycles. The van der Waals surface area contributed by atoms with Gasteiger partial charge in [0.25, 0.3) is 0 Å². The largest absolute Gasteiger partial charge is 0.349 e. The van der Waals surface area contributed by atoms with E-state index in [-0.39, 0.29) is 11.9 Å². The molecule has 0 aliphatic rings. The topological polar surface area (TPSA) is 58.1 Å². The molecule has 0 spiro atoms. The van der Waals surface area contributed by atoms with Gasteiger partial charge >= 0.3 is 0 Å². The van der Waals surface area contributed by atoms with Gasteiger partial charge in [0.1, 0.15) is 11.0 Å².